The zero-order valence-corrected chi connectivity index (χ0v) is 12.5. The molecule has 0 spiro atoms. The smallest absolute Gasteiger partial charge is 0.306 e. The van der Waals surface area contributed by atoms with Gasteiger partial charge in [0.2, 0.25) is 5.91 Å². The van der Waals surface area contributed by atoms with Crippen LogP contribution in [0, 0.1) is 0 Å². The van der Waals surface area contributed by atoms with E-state index in [-0.39, 0.29) is 23.9 Å². The maximum Gasteiger partial charge on any atom is 0.306 e. The van der Waals surface area contributed by atoms with E-state index >= 15 is 0 Å². The summed E-state index contributed by atoms with van der Waals surface area (Å²) in [6, 6.07) is 7.33. The highest BCUT2D eigenvalue weighted by Gasteiger charge is 2.08. The summed E-state index contributed by atoms with van der Waals surface area (Å²) in [7, 11) is 1.27. The highest BCUT2D eigenvalue weighted by Crippen LogP contribution is 2.14. The molecule has 0 saturated heterocycles. The molecule has 0 bridgehead atoms. The number of carbonyl (C=O) groups is 2. The maximum absolute atomic E-state index is 11.5. The molecule has 0 heterocycles. The van der Waals surface area contributed by atoms with Crippen molar-refractivity contribution >= 4 is 40.8 Å². The zero-order valence-electron chi connectivity index (χ0n) is 10.9. The predicted octanol–water partition coefficient (Wildman–Crippen LogP) is 1.78. The van der Waals surface area contributed by atoms with Gasteiger partial charge in [0.25, 0.3) is 0 Å². The summed E-state index contributed by atoms with van der Waals surface area (Å²) >= 11 is 11.0. The fourth-order valence-corrected chi connectivity index (χ4v) is 1.76. The third kappa shape index (κ3) is 5.99. The molecule has 0 fully saturated rings. The summed E-state index contributed by atoms with van der Waals surface area (Å²) < 4.78 is 4.44. The van der Waals surface area contributed by atoms with Crippen molar-refractivity contribution in [3.05, 3.63) is 34.9 Å². The Morgan fingerprint density at radius 1 is 1.30 bits per heavy atom. The van der Waals surface area contributed by atoms with Crippen LogP contribution in [0.2, 0.25) is 5.02 Å². The Hall–Kier alpha value is -1.66. The van der Waals surface area contributed by atoms with Crippen molar-refractivity contribution in [3.63, 3.8) is 0 Å². The minimum Gasteiger partial charge on any atom is -0.469 e. The number of esters is 1. The number of benzene rings is 1. The summed E-state index contributed by atoms with van der Waals surface area (Å²) in [6.07, 6.45) is 0.0516. The number of thiocarbonyl (C=S) groups is 1. The maximum atomic E-state index is 11.5. The molecule has 1 rings (SSSR count). The lowest BCUT2D eigenvalue weighted by molar-refractivity contribution is -0.142. The normalized spacial score (nSPS) is 9.70. The van der Waals surface area contributed by atoms with Crippen LogP contribution in [0.15, 0.2) is 24.3 Å². The van der Waals surface area contributed by atoms with Gasteiger partial charge in [-0.2, -0.15) is 0 Å². The van der Waals surface area contributed by atoms with Crippen LogP contribution in [-0.2, 0) is 20.9 Å². The molecule has 0 aromatic heterocycles. The molecule has 1 aromatic carbocycles. The van der Waals surface area contributed by atoms with E-state index in [9.17, 15) is 9.59 Å². The lowest BCUT2D eigenvalue weighted by Gasteiger charge is -2.10. The monoisotopic (exact) mass is 314 g/mol. The lowest BCUT2D eigenvalue weighted by atomic mass is 10.2. The van der Waals surface area contributed by atoms with Gasteiger partial charge in [0.15, 0.2) is 5.11 Å². The van der Waals surface area contributed by atoms with E-state index in [0.717, 1.165) is 5.56 Å². The summed E-state index contributed by atoms with van der Waals surface area (Å²) in [4.78, 5) is 22.4. The molecule has 0 aliphatic carbocycles. The van der Waals surface area contributed by atoms with Crippen LogP contribution < -0.4 is 10.6 Å². The minimum atomic E-state index is -0.435. The number of amides is 1. The van der Waals surface area contributed by atoms with Crippen molar-refractivity contribution in [1.82, 2.24) is 10.6 Å². The second-order valence-electron chi connectivity index (χ2n) is 3.90. The molecule has 0 aliphatic heterocycles. The average Bonchev–Trinajstić information content (AvgIpc) is 2.43. The molecule has 0 atom stereocenters. The molecule has 0 aliphatic rings. The molecule has 0 saturated carbocycles. The molecule has 1 amide bonds. The lowest BCUT2D eigenvalue weighted by Crippen LogP contribution is -2.39. The molecule has 0 radical (unpaired) electrons. The van der Waals surface area contributed by atoms with Crippen LogP contribution in [0.1, 0.15) is 18.4 Å². The topological polar surface area (TPSA) is 67.4 Å². The molecule has 108 valence electrons. The molecule has 0 unspecified atom stereocenters. The van der Waals surface area contributed by atoms with Crippen molar-refractivity contribution < 1.29 is 14.3 Å². The first-order valence-corrected chi connectivity index (χ1v) is 6.69. The second-order valence-corrected chi connectivity index (χ2v) is 4.71. The Balaban J connectivity index is 2.32. The standard InChI is InChI=1S/C13H15ClN2O3S/c1-19-12(18)7-6-11(17)16-13(20)15-8-9-4-2-3-5-10(9)14/h2-5H,6-8H2,1H3,(H2,15,16,17,20). The molecular formula is C13H15ClN2O3S. The van der Waals surface area contributed by atoms with Gasteiger partial charge in [0.05, 0.1) is 13.5 Å². The van der Waals surface area contributed by atoms with E-state index in [4.69, 9.17) is 23.8 Å². The van der Waals surface area contributed by atoms with E-state index in [0.29, 0.717) is 11.6 Å². The van der Waals surface area contributed by atoms with Gasteiger partial charge in [-0.05, 0) is 23.8 Å². The Morgan fingerprint density at radius 3 is 2.65 bits per heavy atom. The summed E-state index contributed by atoms with van der Waals surface area (Å²) in [6.45, 7) is 0.412. The minimum absolute atomic E-state index is 0.0233. The summed E-state index contributed by atoms with van der Waals surface area (Å²) in [5, 5.41) is 6.17. The van der Waals surface area contributed by atoms with E-state index in [1.807, 2.05) is 18.2 Å². The van der Waals surface area contributed by atoms with Crippen molar-refractivity contribution in [1.29, 1.82) is 0 Å². The molecule has 1 aromatic rings. The fourth-order valence-electron chi connectivity index (χ4n) is 1.37. The van der Waals surface area contributed by atoms with E-state index in [1.165, 1.54) is 7.11 Å². The van der Waals surface area contributed by atoms with Crippen LogP contribution in [-0.4, -0.2) is 24.1 Å². The van der Waals surface area contributed by atoms with Gasteiger partial charge >= 0.3 is 5.97 Å². The van der Waals surface area contributed by atoms with E-state index in [1.54, 1.807) is 6.07 Å². The Bertz CT molecular complexity index is 508. The quantitative estimate of drug-likeness (QED) is 0.640. The van der Waals surface area contributed by atoms with Crippen molar-refractivity contribution in [2.45, 2.75) is 19.4 Å². The third-order valence-corrected chi connectivity index (χ3v) is 3.05. The number of ether oxygens (including phenoxy) is 1. The van der Waals surface area contributed by atoms with Crippen molar-refractivity contribution in [2.75, 3.05) is 7.11 Å². The molecule has 20 heavy (non-hydrogen) atoms. The number of methoxy groups -OCH3 is 1. The fraction of sp³-hybridized carbons (Fsp3) is 0.308. The first-order chi connectivity index (χ1) is 9.52. The Morgan fingerprint density at radius 2 is 2.00 bits per heavy atom. The number of hydrogen-bond acceptors (Lipinski definition) is 4. The van der Waals surface area contributed by atoms with Crippen LogP contribution in [0.5, 0.6) is 0 Å². The number of carbonyl (C=O) groups excluding carboxylic acids is 2. The van der Waals surface area contributed by atoms with Crippen molar-refractivity contribution in [3.8, 4) is 0 Å². The van der Waals surface area contributed by atoms with Gasteiger partial charge in [-0.25, -0.2) is 0 Å². The molecule has 2 N–H and O–H groups in total. The van der Waals surface area contributed by atoms with E-state index < -0.39 is 5.97 Å². The van der Waals surface area contributed by atoms with E-state index in [2.05, 4.69) is 15.4 Å². The molecular weight excluding hydrogens is 300 g/mol. The number of nitrogens with one attached hydrogen (secondary N) is 2. The first kappa shape index (κ1) is 16.4. The van der Waals surface area contributed by atoms with Gasteiger partial charge in [-0.1, -0.05) is 29.8 Å². The van der Waals surface area contributed by atoms with Crippen LogP contribution in [0.4, 0.5) is 0 Å². The van der Waals surface area contributed by atoms with Gasteiger partial charge in [-0.15, -0.1) is 0 Å². The van der Waals surface area contributed by atoms with Gasteiger partial charge in [0, 0.05) is 18.0 Å². The molecule has 7 heteroatoms. The average molecular weight is 315 g/mol. The van der Waals surface area contributed by atoms with Crippen LogP contribution in [0.3, 0.4) is 0 Å². The second kappa shape index (κ2) is 8.50. The number of rotatable bonds is 5. The van der Waals surface area contributed by atoms with Gasteiger partial charge in [-0.3, -0.25) is 9.59 Å². The summed E-state index contributed by atoms with van der Waals surface area (Å²) in [5.74, 6) is -0.776. The van der Waals surface area contributed by atoms with Gasteiger partial charge < -0.3 is 15.4 Å². The van der Waals surface area contributed by atoms with Gasteiger partial charge in [0.1, 0.15) is 0 Å². The SMILES string of the molecule is COC(=O)CCC(=O)NC(=S)NCc1ccccc1Cl. The first-order valence-electron chi connectivity index (χ1n) is 5.91. The highest BCUT2D eigenvalue weighted by molar-refractivity contribution is 7.80. The summed E-state index contributed by atoms with van der Waals surface area (Å²) in [5.41, 5.74) is 0.875. The highest BCUT2D eigenvalue weighted by atomic mass is 35.5. The number of hydrogen-bond donors (Lipinski definition) is 2. The van der Waals surface area contributed by atoms with Crippen molar-refractivity contribution in [2.24, 2.45) is 0 Å². The molecule has 5 nitrogen and oxygen atoms in total. The zero-order chi connectivity index (χ0) is 15.0. The Kier molecular flexibility index (Phi) is 6.97. The van der Waals surface area contributed by atoms with Crippen LogP contribution >= 0.6 is 23.8 Å². The third-order valence-electron chi connectivity index (χ3n) is 2.43. The largest absolute Gasteiger partial charge is 0.469 e. The number of halogens is 1. The van der Waals surface area contributed by atoms with Crippen LogP contribution in [0.25, 0.3) is 0 Å². The predicted molar refractivity (Wildman–Crippen MR) is 80.3 cm³/mol. The Labute approximate surface area is 127 Å².